The normalized spacial score (nSPS) is 11.6. The molecule has 0 saturated carbocycles. The molecule has 1 atom stereocenters. The third kappa shape index (κ3) is 3.88. The highest BCUT2D eigenvalue weighted by Crippen LogP contribution is 2.17. The molecule has 2 rings (SSSR count). The van der Waals surface area contributed by atoms with E-state index < -0.39 is 23.6 Å². The van der Waals surface area contributed by atoms with Crippen LogP contribution in [0.1, 0.15) is 17.3 Å². The van der Waals surface area contributed by atoms with E-state index in [0.29, 0.717) is 23.7 Å². The minimum Gasteiger partial charge on any atom is -0.481 e. The van der Waals surface area contributed by atoms with E-state index in [4.69, 9.17) is 4.74 Å². The number of carbonyl (C=O) groups excluding carboxylic acids is 2. The van der Waals surface area contributed by atoms with Gasteiger partial charge in [0.1, 0.15) is 23.7 Å². The summed E-state index contributed by atoms with van der Waals surface area (Å²) in [6, 6.07) is 9.13. The highest BCUT2D eigenvalue weighted by Gasteiger charge is 2.17. The molecule has 0 spiro atoms. The number of carbonyl (C=O) groups is 2. The van der Waals surface area contributed by atoms with E-state index in [9.17, 15) is 18.4 Å². The van der Waals surface area contributed by atoms with Gasteiger partial charge in [-0.1, -0.05) is 12.1 Å². The third-order valence-corrected chi connectivity index (χ3v) is 2.87. The lowest BCUT2D eigenvalue weighted by Gasteiger charge is -2.15. The molecule has 0 saturated heterocycles. The molecule has 4 nitrogen and oxygen atoms in total. The molecule has 0 aromatic heterocycles. The summed E-state index contributed by atoms with van der Waals surface area (Å²) in [5, 5.41) is 2.31. The van der Waals surface area contributed by atoms with Crippen LogP contribution in [0, 0.1) is 11.6 Å². The monoisotopic (exact) mass is 305 g/mol. The summed E-state index contributed by atoms with van der Waals surface area (Å²) < 4.78 is 31.6. The summed E-state index contributed by atoms with van der Waals surface area (Å²) in [7, 11) is 0. The van der Waals surface area contributed by atoms with Crippen molar-refractivity contribution in [2.75, 3.05) is 5.32 Å². The average molecular weight is 305 g/mol. The van der Waals surface area contributed by atoms with Gasteiger partial charge in [-0.2, -0.15) is 0 Å². The molecule has 0 aliphatic heterocycles. The smallest absolute Gasteiger partial charge is 0.265 e. The molecule has 2 aromatic carbocycles. The van der Waals surface area contributed by atoms with Gasteiger partial charge in [0.05, 0.1) is 5.69 Å². The SMILES string of the molecule is CC(Oc1cccc(C=O)c1)C(=O)Nc1ccc(F)cc1F. The van der Waals surface area contributed by atoms with E-state index in [0.717, 1.165) is 12.1 Å². The van der Waals surface area contributed by atoms with E-state index in [1.54, 1.807) is 18.2 Å². The van der Waals surface area contributed by atoms with Gasteiger partial charge < -0.3 is 10.1 Å². The number of anilines is 1. The molecular weight excluding hydrogens is 292 g/mol. The topological polar surface area (TPSA) is 55.4 Å². The van der Waals surface area contributed by atoms with Crippen molar-refractivity contribution in [1.82, 2.24) is 0 Å². The second-order valence-corrected chi connectivity index (χ2v) is 4.56. The predicted molar refractivity (Wildman–Crippen MR) is 76.9 cm³/mol. The predicted octanol–water partition coefficient (Wildman–Crippen LogP) is 3.18. The molecular formula is C16H13F2NO3. The maximum atomic E-state index is 13.5. The zero-order chi connectivity index (χ0) is 16.1. The summed E-state index contributed by atoms with van der Waals surface area (Å²) >= 11 is 0. The highest BCUT2D eigenvalue weighted by molar-refractivity contribution is 5.94. The Labute approximate surface area is 125 Å². The lowest BCUT2D eigenvalue weighted by Crippen LogP contribution is -2.30. The maximum absolute atomic E-state index is 13.5. The van der Waals surface area contributed by atoms with Crippen molar-refractivity contribution in [1.29, 1.82) is 0 Å². The van der Waals surface area contributed by atoms with Crippen LogP contribution in [0.4, 0.5) is 14.5 Å². The van der Waals surface area contributed by atoms with Crippen LogP contribution < -0.4 is 10.1 Å². The summed E-state index contributed by atoms with van der Waals surface area (Å²) in [5.74, 6) is -1.86. The van der Waals surface area contributed by atoms with E-state index in [-0.39, 0.29) is 5.69 Å². The quantitative estimate of drug-likeness (QED) is 0.863. The number of hydrogen-bond acceptors (Lipinski definition) is 3. The summed E-state index contributed by atoms with van der Waals surface area (Å²) in [4.78, 5) is 22.6. The van der Waals surface area contributed by atoms with E-state index in [2.05, 4.69) is 5.32 Å². The standard InChI is InChI=1S/C16H13F2NO3/c1-10(22-13-4-2-3-11(7-13)9-20)16(21)19-15-6-5-12(17)8-14(15)18/h2-10H,1H3,(H,19,21). The Bertz CT molecular complexity index is 704. The van der Waals surface area contributed by atoms with Crippen LogP contribution in [0.2, 0.25) is 0 Å². The summed E-state index contributed by atoms with van der Waals surface area (Å²) in [5.41, 5.74) is 0.276. The van der Waals surface area contributed by atoms with Gasteiger partial charge >= 0.3 is 0 Å². The first-order valence-electron chi connectivity index (χ1n) is 6.47. The Kier molecular flexibility index (Phi) is 4.83. The van der Waals surface area contributed by atoms with Crippen molar-refractivity contribution < 1.29 is 23.1 Å². The first kappa shape index (κ1) is 15.6. The van der Waals surface area contributed by atoms with Crippen LogP contribution >= 0.6 is 0 Å². The fourth-order valence-corrected chi connectivity index (χ4v) is 1.74. The fraction of sp³-hybridized carbons (Fsp3) is 0.125. The van der Waals surface area contributed by atoms with E-state index in [1.165, 1.54) is 13.0 Å². The average Bonchev–Trinajstić information content (AvgIpc) is 2.50. The number of halogens is 2. The molecule has 0 aliphatic carbocycles. The Morgan fingerprint density at radius 2 is 2.00 bits per heavy atom. The van der Waals surface area contributed by atoms with E-state index >= 15 is 0 Å². The largest absolute Gasteiger partial charge is 0.481 e. The summed E-state index contributed by atoms with van der Waals surface area (Å²) in [6.07, 6.45) is -0.266. The van der Waals surface area contributed by atoms with Gasteiger partial charge in [0, 0.05) is 11.6 Å². The van der Waals surface area contributed by atoms with Crippen LogP contribution in [0.3, 0.4) is 0 Å². The minimum absolute atomic E-state index is 0.136. The van der Waals surface area contributed by atoms with Gasteiger partial charge in [0.2, 0.25) is 0 Å². The van der Waals surface area contributed by atoms with Gasteiger partial charge in [-0.3, -0.25) is 9.59 Å². The second-order valence-electron chi connectivity index (χ2n) is 4.56. The van der Waals surface area contributed by atoms with Crippen LogP contribution in [0.25, 0.3) is 0 Å². The molecule has 0 fully saturated rings. The number of amides is 1. The van der Waals surface area contributed by atoms with Gasteiger partial charge in [0.25, 0.3) is 5.91 Å². The zero-order valence-electron chi connectivity index (χ0n) is 11.7. The van der Waals surface area contributed by atoms with Crippen LogP contribution in [0.5, 0.6) is 5.75 Å². The van der Waals surface area contributed by atoms with Crippen LogP contribution in [-0.4, -0.2) is 18.3 Å². The van der Waals surface area contributed by atoms with Crippen molar-refractivity contribution in [2.24, 2.45) is 0 Å². The number of hydrogen-bond donors (Lipinski definition) is 1. The number of ether oxygens (including phenoxy) is 1. The molecule has 0 bridgehead atoms. The Hall–Kier alpha value is -2.76. The van der Waals surface area contributed by atoms with Crippen LogP contribution in [0.15, 0.2) is 42.5 Å². The molecule has 22 heavy (non-hydrogen) atoms. The van der Waals surface area contributed by atoms with Crippen molar-refractivity contribution in [3.8, 4) is 5.75 Å². The second kappa shape index (κ2) is 6.80. The highest BCUT2D eigenvalue weighted by atomic mass is 19.1. The van der Waals surface area contributed by atoms with Crippen LogP contribution in [-0.2, 0) is 4.79 Å². The molecule has 114 valence electrons. The third-order valence-electron chi connectivity index (χ3n) is 2.87. The maximum Gasteiger partial charge on any atom is 0.265 e. The van der Waals surface area contributed by atoms with Gasteiger partial charge in [-0.05, 0) is 31.2 Å². The lowest BCUT2D eigenvalue weighted by molar-refractivity contribution is -0.122. The molecule has 6 heteroatoms. The number of rotatable bonds is 5. The molecule has 0 aliphatic rings. The molecule has 0 heterocycles. The summed E-state index contributed by atoms with van der Waals surface area (Å²) in [6.45, 7) is 1.48. The van der Waals surface area contributed by atoms with Crippen molar-refractivity contribution in [3.05, 3.63) is 59.7 Å². The Morgan fingerprint density at radius 1 is 1.23 bits per heavy atom. The lowest BCUT2D eigenvalue weighted by atomic mass is 10.2. The first-order chi connectivity index (χ1) is 10.5. The molecule has 0 radical (unpaired) electrons. The van der Waals surface area contributed by atoms with Gasteiger partial charge in [-0.25, -0.2) is 8.78 Å². The number of benzene rings is 2. The minimum atomic E-state index is -0.925. The molecule has 1 unspecified atom stereocenters. The first-order valence-corrected chi connectivity index (χ1v) is 6.47. The van der Waals surface area contributed by atoms with Gasteiger partial charge in [0.15, 0.2) is 6.10 Å². The zero-order valence-corrected chi connectivity index (χ0v) is 11.7. The van der Waals surface area contributed by atoms with Crippen molar-refractivity contribution in [3.63, 3.8) is 0 Å². The molecule has 1 amide bonds. The number of aldehydes is 1. The fourth-order valence-electron chi connectivity index (χ4n) is 1.74. The van der Waals surface area contributed by atoms with Gasteiger partial charge in [-0.15, -0.1) is 0 Å². The number of nitrogens with one attached hydrogen (secondary N) is 1. The molecule has 1 N–H and O–H groups in total. The van der Waals surface area contributed by atoms with Crippen molar-refractivity contribution in [2.45, 2.75) is 13.0 Å². The molecule has 2 aromatic rings. The van der Waals surface area contributed by atoms with Crippen molar-refractivity contribution >= 4 is 17.9 Å². The van der Waals surface area contributed by atoms with E-state index in [1.807, 2.05) is 0 Å². The Morgan fingerprint density at radius 3 is 2.68 bits per heavy atom. The Balaban J connectivity index is 2.04.